The molecule has 0 saturated carbocycles. The highest BCUT2D eigenvalue weighted by atomic mass is 35.5. The van der Waals surface area contributed by atoms with Crippen LogP contribution in [0.3, 0.4) is 0 Å². The van der Waals surface area contributed by atoms with Crippen LogP contribution < -0.4 is 9.46 Å². The average Bonchev–Trinajstić information content (AvgIpc) is 3.12. The van der Waals surface area contributed by atoms with Crippen molar-refractivity contribution in [3.8, 4) is 17.1 Å². The van der Waals surface area contributed by atoms with Crippen molar-refractivity contribution in [1.82, 2.24) is 14.9 Å². The third-order valence-corrected chi connectivity index (χ3v) is 5.42. The quantitative estimate of drug-likeness (QED) is 0.689. The molecular weight excluding hydrogens is 378 g/mol. The molecule has 0 aliphatic carbocycles. The van der Waals surface area contributed by atoms with Gasteiger partial charge >= 0.3 is 0 Å². The van der Waals surface area contributed by atoms with Crippen LogP contribution in [0.5, 0.6) is 5.75 Å². The summed E-state index contributed by atoms with van der Waals surface area (Å²) < 4.78 is 37.9. The van der Waals surface area contributed by atoms with Crippen LogP contribution in [0.25, 0.3) is 11.4 Å². The first kappa shape index (κ1) is 18.4. The maximum absolute atomic E-state index is 12.4. The van der Waals surface area contributed by atoms with Crippen LogP contribution in [0.1, 0.15) is 18.9 Å². The normalized spacial score (nSPS) is 12.7. The van der Waals surface area contributed by atoms with Crippen molar-refractivity contribution in [3.05, 3.63) is 59.4 Å². The topological polar surface area (TPSA) is 94.3 Å². The number of nitrogens with one attached hydrogen (secondary N) is 1. The van der Waals surface area contributed by atoms with E-state index in [1.807, 2.05) is 12.1 Å². The number of benzene rings is 2. The van der Waals surface area contributed by atoms with Gasteiger partial charge in [-0.1, -0.05) is 28.9 Å². The first-order valence-corrected chi connectivity index (χ1v) is 9.52. The van der Waals surface area contributed by atoms with Gasteiger partial charge in [0.1, 0.15) is 5.75 Å². The summed E-state index contributed by atoms with van der Waals surface area (Å²) in [5.74, 6) is 1.05. The smallest absolute Gasteiger partial charge is 0.244 e. The molecule has 1 unspecified atom stereocenters. The molecule has 3 aromatic rings. The van der Waals surface area contributed by atoms with E-state index in [4.69, 9.17) is 20.9 Å². The zero-order valence-electron chi connectivity index (χ0n) is 14.0. The summed E-state index contributed by atoms with van der Waals surface area (Å²) in [6, 6.07) is 12.4. The third kappa shape index (κ3) is 3.87. The zero-order chi connectivity index (χ0) is 18.7. The van der Waals surface area contributed by atoms with Gasteiger partial charge in [-0.25, -0.2) is 8.42 Å². The Morgan fingerprint density at radius 1 is 1.15 bits per heavy atom. The van der Waals surface area contributed by atoms with Crippen molar-refractivity contribution in [1.29, 1.82) is 0 Å². The van der Waals surface area contributed by atoms with Crippen molar-refractivity contribution >= 4 is 21.6 Å². The van der Waals surface area contributed by atoms with E-state index in [1.165, 1.54) is 24.3 Å². The van der Waals surface area contributed by atoms with Crippen molar-refractivity contribution in [2.45, 2.75) is 17.9 Å². The van der Waals surface area contributed by atoms with Crippen molar-refractivity contribution in [2.24, 2.45) is 0 Å². The molecule has 0 radical (unpaired) electrons. The van der Waals surface area contributed by atoms with Gasteiger partial charge in [0.2, 0.25) is 21.7 Å². The van der Waals surface area contributed by atoms with E-state index in [-0.39, 0.29) is 10.8 Å². The zero-order valence-corrected chi connectivity index (χ0v) is 15.6. The Morgan fingerprint density at radius 3 is 2.54 bits per heavy atom. The van der Waals surface area contributed by atoms with Crippen LogP contribution in [0.4, 0.5) is 0 Å². The van der Waals surface area contributed by atoms with Gasteiger partial charge in [0.25, 0.3) is 0 Å². The van der Waals surface area contributed by atoms with Crippen LogP contribution in [-0.2, 0) is 10.0 Å². The molecule has 7 nitrogen and oxygen atoms in total. The lowest BCUT2D eigenvalue weighted by Crippen LogP contribution is -2.27. The predicted octanol–water partition coefficient (Wildman–Crippen LogP) is 3.44. The van der Waals surface area contributed by atoms with Crippen molar-refractivity contribution < 1.29 is 17.7 Å². The minimum absolute atomic E-state index is 0.0956. The summed E-state index contributed by atoms with van der Waals surface area (Å²) >= 11 is 5.79. The van der Waals surface area contributed by atoms with Crippen LogP contribution in [0.2, 0.25) is 5.02 Å². The van der Waals surface area contributed by atoms with Crippen LogP contribution in [0.15, 0.2) is 57.9 Å². The first-order chi connectivity index (χ1) is 12.4. The number of para-hydroxylation sites is 1. The Hall–Kier alpha value is -2.42. The Morgan fingerprint density at radius 2 is 1.85 bits per heavy atom. The third-order valence-electron chi connectivity index (χ3n) is 3.62. The molecule has 2 aromatic carbocycles. The molecule has 3 rings (SSSR count). The molecule has 0 amide bonds. The highest BCUT2D eigenvalue weighted by Crippen LogP contribution is 2.28. The minimum atomic E-state index is -3.75. The molecule has 1 N–H and O–H groups in total. The molecule has 136 valence electrons. The number of methoxy groups -OCH3 is 1. The van der Waals surface area contributed by atoms with Gasteiger partial charge in [-0.15, -0.1) is 0 Å². The summed E-state index contributed by atoms with van der Waals surface area (Å²) in [7, 11) is -2.21. The van der Waals surface area contributed by atoms with Crippen LogP contribution in [-0.4, -0.2) is 25.7 Å². The predicted molar refractivity (Wildman–Crippen MR) is 96.5 cm³/mol. The summed E-state index contributed by atoms with van der Waals surface area (Å²) in [6.45, 7) is 1.62. The molecule has 0 bridgehead atoms. The molecule has 1 atom stereocenters. The number of rotatable bonds is 6. The number of sulfonamides is 1. The molecule has 0 aliphatic heterocycles. The van der Waals surface area contributed by atoms with Gasteiger partial charge in [0, 0.05) is 5.02 Å². The lowest BCUT2D eigenvalue weighted by molar-refractivity contribution is 0.353. The van der Waals surface area contributed by atoms with E-state index in [0.29, 0.717) is 22.2 Å². The van der Waals surface area contributed by atoms with Gasteiger partial charge < -0.3 is 9.26 Å². The van der Waals surface area contributed by atoms with Gasteiger partial charge in [0.15, 0.2) is 0 Å². The number of aromatic nitrogens is 2. The molecule has 0 saturated heterocycles. The molecule has 26 heavy (non-hydrogen) atoms. The van der Waals surface area contributed by atoms with Crippen molar-refractivity contribution in [3.63, 3.8) is 0 Å². The fraction of sp³-hybridized carbons (Fsp3) is 0.176. The van der Waals surface area contributed by atoms with E-state index >= 15 is 0 Å². The van der Waals surface area contributed by atoms with Gasteiger partial charge in [-0.3, -0.25) is 0 Å². The molecule has 1 aromatic heterocycles. The van der Waals surface area contributed by atoms with Crippen LogP contribution >= 0.6 is 11.6 Å². The number of ether oxygens (including phenoxy) is 1. The highest BCUT2D eigenvalue weighted by molar-refractivity contribution is 7.89. The Balaban J connectivity index is 1.82. The summed E-state index contributed by atoms with van der Waals surface area (Å²) in [6.07, 6.45) is 0. The average molecular weight is 394 g/mol. The van der Waals surface area contributed by atoms with E-state index in [1.54, 1.807) is 26.2 Å². The monoisotopic (exact) mass is 393 g/mol. The Kier molecular flexibility index (Phi) is 5.26. The molecule has 0 fully saturated rings. The molecular formula is C17H16ClN3O4S. The summed E-state index contributed by atoms with van der Waals surface area (Å²) in [5, 5.41) is 4.37. The molecule has 0 spiro atoms. The van der Waals surface area contributed by atoms with Gasteiger partial charge in [-0.2, -0.15) is 9.71 Å². The fourth-order valence-electron chi connectivity index (χ4n) is 2.31. The maximum Gasteiger partial charge on any atom is 0.244 e. The Bertz CT molecular complexity index is 1000. The maximum atomic E-state index is 12.4. The first-order valence-electron chi connectivity index (χ1n) is 7.65. The van der Waals surface area contributed by atoms with E-state index in [2.05, 4.69) is 14.9 Å². The second kappa shape index (κ2) is 7.45. The van der Waals surface area contributed by atoms with Crippen LogP contribution in [0, 0.1) is 0 Å². The molecule has 1 heterocycles. The second-order valence-electron chi connectivity index (χ2n) is 5.45. The summed E-state index contributed by atoms with van der Waals surface area (Å²) in [5.41, 5.74) is 0.651. The number of hydrogen-bond donors (Lipinski definition) is 1. The van der Waals surface area contributed by atoms with Gasteiger partial charge in [0.05, 0.1) is 23.6 Å². The number of nitrogens with zero attached hydrogens (tertiary/aromatic N) is 2. The number of hydrogen-bond acceptors (Lipinski definition) is 6. The SMILES string of the molecule is COc1ccccc1-c1noc(C(C)NS(=O)(=O)c2ccc(Cl)cc2)n1. The van der Waals surface area contributed by atoms with E-state index in [0.717, 1.165) is 0 Å². The highest BCUT2D eigenvalue weighted by Gasteiger charge is 2.23. The second-order valence-corrected chi connectivity index (χ2v) is 7.60. The standard InChI is InChI=1S/C17H16ClN3O4S/c1-11(21-26(22,23)13-9-7-12(18)8-10-13)17-19-16(20-25-17)14-5-3-4-6-15(14)24-2/h3-11,21H,1-2H3. The van der Waals surface area contributed by atoms with Crippen molar-refractivity contribution in [2.75, 3.05) is 7.11 Å². The lowest BCUT2D eigenvalue weighted by Gasteiger charge is -2.10. The van der Waals surface area contributed by atoms with E-state index < -0.39 is 16.1 Å². The molecule has 0 aliphatic rings. The summed E-state index contributed by atoms with van der Waals surface area (Å²) in [4.78, 5) is 4.37. The minimum Gasteiger partial charge on any atom is -0.496 e. The lowest BCUT2D eigenvalue weighted by atomic mass is 10.2. The number of halogens is 1. The molecule has 9 heteroatoms. The van der Waals surface area contributed by atoms with E-state index in [9.17, 15) is 8.42 Å². The fourth-order valence-corrected chi connectivity index (χ4v) is 3.64. The largest absolute Gasteiger partial charge is 0.496 e. The van der Waals surface area contributed by atoms with Gasteiger partial charge in [-0.05, 0) is 43.3 Å². The Labute approximate surface area is 156 Å².